The topological polar surface area (TPSA) is 64.6 Å². The molecule has 0 saturated carbocycles. The maximum atomic E-state index is 14.3. The highest BCUT2D eigenvalue weighted by atomic mass is 35.5. The third-order valence-corrected chi connectivity index (χ3v) is 9.91. The van der Waals surface area contributed by atoms with Gasteiger partial charge in [-0.05, 0) is 46.7 Å². The van der Waals surface area contributed by atoms with Crippen molar-refractivity contribution in [3.63, 3.8) is 0 Å². The fraction of sp³-hybridized carbons (Fsp3) is 0.156. The van der Waals surface area contributed by atoms with Crippen LogP contribution in [0.1, 0.15) is 52.1 Å². The summed E-state index contributed by atoms with van der Waals surface area (Å²) < 4.78 is 12.6. The second-order valence-electron chi connectivity index (χ2n) is 12.8. The Hall–Kier alpha value is -5.65. The van der Waals surface area contributed by atoms with Crippen molar-refractivity contribution in [3.05, 3.63) is 202 Å². The van der Waals surface area contributed by atoms with Crippen LogP contribution in [0.15, 0.2) is 164 Å². The van der Waals surface area contributed by atoms with Crippen LogP contribution >= 0.6 is 11.6 Å². The van der Waals surface area contributed by atoms with E-state index < -0.39 is 23.7 Å². The molecule has 0 heterocycles. The molecule has 7 rings (SSSR count). The van der Waals surface area contributed by atoms with Crippen molar-refractivity contribution in [1.82, 2.24) is 5.32 Å². The quantitative estimate of drug-likeness (QED) is 0.102. The summed E-state index contributed by atoms with van der Waals surface area (Å²) >= 11 is 6.87. The van der Waals surface area contributed by atoms with Gasteiger partial charge in [0.25, 0.3) is 0 Å². The second kappa shape index (κ2) is 15.5. The van der Waals surface area contributed by atoms with Gasteiger partial charge in [0, 0.05) is 33.7 Å². The number of amides is 1. The van der Waals surface area contributed by atoms with Gasteiger partial charge >= 0.3 is 12.1 Å². The fourth-order valence-electron chi connectivity index (χ4n) is 7.17. The van der Waals surface area contributed by atoms with Gasteiger partial charge in [0.1, 0.15) is 6.61 Å². The molecular formula is C45H38ClNO4. The van der Waals surface area contributed by atoms with Crippen LogP contribution < -0.4 is 5.32 Å². The Labute approximate surface area is 303 Å². The number of rotatable bonds is 12. The minimum Gasteiger partial charge on any atom is -0.449 e. The largest absolute Gasteiger partial charge is 0.449 e. The Bertz CT molecular complexity index is 2020. The maximum absolute atomic E-state index is 14.3. The lowest BCUT2D eigenvalue weighted by atomic mass is 9.80. The Morgan fingerprint density at radius 2 is 1.16 bits per heavy atom. The van der Waals surface area contributed by atoms with E-state index in [9.17, 15) is 9.59 Å². The first-order valence-corrected chi connectivity index (χ1v) is 17.6. The zero-order chi connectivity index (χ0) is 35.0. The second-order valence-corrected chi connectivity index (χ2v) is 13.2. The van der Waals surface area contributed by atoms with E-state index in [4.69, 9.17) is 21.1 Å². The molecule has 1 unspecified atom stereocenters. The Balaban J connectivity index is 1.14. The molecule has 1 aliphatic carbocycles. The first-order chi connectivity index (χ1) is 25.0. The van der Waals surface area contributed by atoms with Crippen LogP contribution in [-0.4, -0.2) is 24.7 Å². The first kappa shape index (κ1) is 33.8. The molecule has 0 spiro atoms. The fourth-order valence-corrected chi connectivity index (χ4v) is 7.44. The zero-order valence-electron chi connectivity index (χ0n) is 28.1. The first-order valence-electron chi connectivity index (χ1n) is 17.3. The predicted molar refractivity (Wildman–Crippen MR) is 202 cm³/mol. The standard InChI is InChI=1S/C45H38ClNO4/c46-42-27-15-14-26-41(42)45(33-18-6-2-7-19-33,34-20-8-3-9-21-34)51-43(48)30-35(29-28-32-16-4-1-5-17-32)47-44(49)50-31-40-38-24-12-10-22-36(38)37-23-11-13-25-39(37)40/h1-27,35,40H,28-31H2,(H,47,49). The number of carbonyl (C=O) groups is 2. The van der Waals surface area contributed by atoms with E-state index >= 15 is 0 Å². The summed E-state index contributed by atoms with van der Waals surface area (Å²) in [6, 6.07) is 52.6. The monoisotopic (exact) mass is 691 g/mol. The van der Waals surface area contributed by atoms with Crippen LogP contribution in [0.5, 0.6) is 0 Å². The number of halogens is 1. The van der Waals surface area contributed by atoms with Gasteiger partial charge in [0.2, 0.25) is 0 Å². The van der Waals surface area contributed by atoms with E-state index in [0.29, 0.717) is 23.4 Å². The van der Waals surface area contributed by atoms with Gasteiger partial charge in [-0.3, -0.25) is 4.79 Å². The van der Waals surface area contributed by atoms with Crippen molar-refractivity contribution in [1.29, 1.82) is 0 Å². The van der Waals surface area contributed by atoms with Crippen LogP contribution in [0.3, 0.4) is 0 Å². The maximum Gasteiger partial charge on any atom is 0.407 e. The SMILES string of the molecule is O=C(CC(CCc1ccccc1)NC(=O)OCC1c2ccccc2-c2ccccc21)OC(c1ccccc1)(c1ccccc1)c1ccccc1Cl. The van der Waals surface area contributed by atoms with Gasteiger partial charge in [-0.1, -0.05) is 169 Å². The lowest BCUT2D eigenvalue weighted by molar-refractivity contribution is -0.154. The summed E-state index contributed by atoms with van der Waals surface area (Å²) in [4.78, 5) is 27.8. The summed E-state index contributed by atoms with van der Waals surface area (Å²) in [6.07, 6.45) is 0.489. The van der Waals surface area contributed by atoms with Crippen molar-refractivity contribution in [2.24, 2.45) is 0 Å². The van der Waals surface area contributed by atoms with Crippen LogP contribution in [0.25, 0.3) is 11.1 Å². The highest BCUT2D eigenvalue weighted by molar-refractivity contribution is 6.31. The van der Waals surface area contributed by atoms with E-state index in [1.54, 1.807) is 6.07 Å². The molecule has 6 heteroatoms. The third-order valence-electron chi connectivity index (χ3n) is 9.58. The third kappa shape index (κ3) is 7.30. The summed E-state index contributed by atoms with van der Waals surface area (Å²) in [5.74, 6) is -0.566. The van der Waals surface area contributed by atoms with E-state index in [-0.39, 0.29) is 18.9 Å². The van der Waals surface area contributed by atoms with E-state index in [0.717, 1.165) is 38.9 Å². The number of alkyl carbamates (subject to hydrolysis) is 1. The molecule has 1 amide bonds. The van der Waals surface area contributed by atoms with Gasteiger partial charge in [0.05, 0.1) is 6.42 Å². The van der Waals surface area contributed by atoms with Gasteiger partial charge in [-0.2, -0.15) is 0 Å². The molecule has 0 radical (unpaired) electrons. The van der Waals surface area contributed by atoms with Crippen LogP contribution in [0.2, 0.25) is 5.02 Å². The number of nitrogens with one attached hydrogen (secondary N) is 1. The van der Waals surface area contributed by atoms with Crippen LogP contribution in [0, 0.1) is 0 Å². The Morgan fingerprint density at radius 1 is 0.647 bits per heavy atom. The summed E-state index contributed by atoms with van der Waals surface area (Å²) in [6.45, 7) is 0.174. The number of carbonyl (C=O) groups excluding carboxylic acids is 2. The molecule has 0 saturated heterocycles. The van der Waals surface area contributed by atoms with Crippen LogP contribution in [-0.2, 0) is 26.3 Å². The number of aryl methyl sites for hydroxylation is 1. The summed E-state index contributed by atoms with van der Waals surface area (Å²) in [5, 5.41) is 3.49. The number of benzene rings is 6. The molecule has 1 aliphatic rings. The Morgan fingerprint density at radius 3 is 1.75 bits per heavy atom. The van der Waals surface area contributed by atoms with E-state index in [2.05, 4.69) is 29.6 Å². The minimum absolute atomic E-state index is 0.0798. The molecule has 51 heavy (non-hydrogen) atoms. The van der Waals surface area contributed by atoms with Crippen molar-refractivity contribution < 1.29 is 19.1 Å². The number of ether oxygens (including phenoxy) is 2. The van der Waals surface area contributed by atoms with Gasteiger partial charge in [-0.25, -0.2) is 4.79 Å². The lowest BCUT2D eigenvalue weighted by Crippen LogP contribution is -2.41. The van der Waals surface area contributed by atoms with Crippen molar-refractivity contribution in [2.45, 2.75) is 36.8 Å². The summed E-state index contributed by atoms with van der Waals surface area (Å²) in [5.41, 5.74) is 6.49. The van der Waals surface area contributed by atoms with E-state index in [1.807, 2.05) is 133 Å². The number of hydrogen-bond donors (Lipinski definition) is 1. The minimum atomic E-state index is -1.34. The molecular weight excluding hydrogens is 654 g/mol. The number of esters is 1. The van der Waals surface area contributed by atoms with Gasteiger partial charge < -0.3 is 14.8 Å². The molecule has 0 aliphatic heterocycles. The smallest absolute Gasteiger partial charge is 0.407 e. The van der Waals surface area contributed by atoms with Gasteiger partial charge in [0.15, 0.2) is 5.60 Å². The molecule has 5 nitrogen and oxygen atoms in total. The van der Waals surface area contributed by atoms with Crippen LogP contribution in [0.4, 0.5) is 4.79 Å². The molecule has 254 valence electrons. The molecule has 1 atom stereocenters. The highest BCUT2D eigenvalue weighted by Crippen LogP contribution is 2.45. The van der Waals surface area contributed by atoms with Gasteiger partial charge in [-0.15, -0.1) is 0 Å². The Kier molecular flexibility index (Phi) is 10.3. The molecule has 0 bridgehead atoms. The molecule has 1 N–H and O–H groups in total. The molecule has 0 aromatic heterocycles. The molecule has 6 aromatic carbocycles. The predicted octanol–water partition coefficient (Wildman–Crippen LogP) is 10.1. The molecule has 0 fully saturated rings. The number of fused-ring (bicyclic) bond motifs is 3. The van der Waals surface area contributed by atoms with Crippen molar-refractivity contribution in [2.75, 3.05) is 6.61 Å². The average molecular weight is 692 g/mol. The number of hydrogen-bond acceptors (Lipinski definition) is 4. The normalized spacial score (nSPS) is 12.7. The van der Waals surface area contributed by atoms with Crippen molar-refractivity contribution >= 4 is 23.7 Å². The zero-order valence-corrected chi connectivity index (χ0v) is 28.8. The molecule has 6 aromatic rings. The van der Waals surface area contributed by atoms with Crippen molar-refractivity contribution in [3.8, 4) is 11.1 Å². The average Bonchev–Trinajstić information content (AvgIpc) is 3.50. The highest BCUT2D eigenvalue weighted by Gasteiger charge is 2.42. The summed E-state index contributed by atoms with van der Waals surface area (Å²) in [7, 11) is 0. The van der Waals surface area contributed by atoms with E-state index in [1.165, 1.54) is 0 Å². The lowest BCUT2D eigenvalue weighted by Gasteiger charge is -2.36.